The molecule has 0 bridgehead atoms. The third-order valence-corrected chi connectivity index (χ3v) is 4.51. The van der Waals surface area contributed by atoms with Crippen LogP contribution in [0.15, 0.2) is 47.4 Å². The Morgan fingerprint density at radius 1 is 1.15 bits per heavy atom. The topological polar surface area (TPSA) is 52.3 Å². The van der Waals surface area contributed by atoms with Gasteiger partial charge >= 0.3 is 0 Å². The number of aryl methyl sites for hydroxylation is 2. The van der Waals surface area contributed by atoms with E-state index in [1.807, 2.05) is 50.2 Å². The molecule has 2 rings (SSSR count). The Balaban J connectivity index is 1.94. The maximum Gasteiger partial charge on any atom is 0.142 e. The van der Waals surface area contributed by atoms with Gasteiger partial charge in [0.05, 0.1) is 22.2 Å². The molecule has 1 atom stereocenters. The SMILES string of the molecule is Cc1ccc(S(=O)CCOc2ccccc2N)c(C)c1. The minimum Gasteiger partial charge on any atom is -0.490 e. The molecule has 3 nitrogen and oxygen atoms in total. The van der Waals surface area contributed by atoms with Crippen LogP contribution in [0.25, 0.3) is 0 Å². The van der Waals surface area contributed by atoms with Crippen LogP contribution < -0.4 is 10.5 Å². The molecule has 0 radical (unpaired) electrons. The Labute approximate surface area is 122 Å². The maximum absolute atomic E-state index is 12.3. The first-order valence-electron chi connectivity index (χ1n) is 6.51. The Kier molecular flexibility index (Phi) is 4.79. The van der Waals surface area contributed by atoms with Crippen LogP contribution >= 0.6 is 0 Å². The van der Waals surface area contributed by atoms with E-state index >= 15 is 0 Å². The first-order chi connectivity index (χ1) is 9.58. The Bertz CT molecular complexity index is 626. The van der Waals surface area contributed by atoms with Crippen LogP contribution in [0, 0.1) is 13.8 Å². The van der Waals surface area contributed by atoms with Gasteiger partial charge < -0.3 is 10.5 Å². The van der Waals surface area contributed by atoms with Crippen molar-refractivity contribution in [3.8, 4) is 5.75 Å². The van der Waals surface area contributed by atoms with Gasteiger partial charge in [0.15, 0.2) is 0 Å². The zero-order chi connectivity index (χ0) is 14.5. The molecule has 0 aliphatic rings. The summed E-state index contributed by atoms with van der Waals surface area (Å²) in [7, 11) is -1.05. The Morgan fingerprint density at radius 2 is 1.90 bits per heavy atom. The Morgan fingerprint density at radius 3 is 2.60 bits per heavy atom. The number of para-hydroxylation sites is 2. The number of nitrogen functional groups attached to an aromatic ring is 1. The molecule has 106 valence electrons. The van der Waals surface area contributed by atoms with Crippen molar-refractivity contribution in [1.29, 1.82) is 0 Å². The predicted octanol–water partition coefficient (Wildman–Crippen LogP) is 3.07. The molecule has 0 amide bonds. The van der Waals surface area contributed by atoms with Crippen molar-refractivity contribution in [1.82, 2.24) is 0 Å². The molecule has 20 heavy (non-hydrogen) atoms. The summed E-state index contributed by atoms with van der Waals surface area (Å²) >= 11 is 0. The van der Waals surface area contributed by atoms with E-state index in [1.165, 1.54) is 5.56 Å². The minimum atomic E-state index is -1.05. The highest BCUT2D eigenvalue weighted by molar-refractivity contribution is 7.85. The summed E-state index contributed by atoms with van der Waals surface area (Å²) in [6.45, 7) is 4.39. The molecule has 0 aromatic heterocycles. The van der Waals surface area contributed by atoms with Crippen LogP contribution in [0.3, 0.4) is 0 Å². The number of benzene rings is 2. The van der Waals surface area contributed by atoms with Crippen LogP contribution in [0.2, 0.25) is 0 Å². The van der Waals surface area contributed by atoms with E-state index < -0.39 is 10.8 Å². The zero-order valence-electron chi connectivity index (χ0n) is 11.8. The summed E-state index contributed by atoms with van der Waals surface area (Å²) in [5.74, 6) is 1.10. The molecule has 0 aliphatic heterocycles. The van der Waals surface area contributed by atoms with Crippen LogP contribution in [-0.2, 0) is 10.8 Å². The number of hydrogen-bond acceptors (Lipinski definition) is 3. The molecule has 2 aromatic rings. The first-order valence-corrected chi connectivity index (χ1v) is 7.83. The molecule has 4 heteroatoms. The molecule has 0 heterocycles. The summed E-state index contributed by atoms with van der Waals surface area (Å²) in [4.78, 5) is 0.875. The monoisotopic (exact) mass is 289 g/mol. The zero-order valence-corrected chi connectivity index (χ0v) is 12.6. The first kappa shape index (κ1) is 14.6. The van der Waals surface area contributed by atoms with Gasteiger partial charge in [-0.25, -0.2) is 0 Å². The number of nitrogens with two attached hydrogens (primary N) is 1. The van der Waals surface area contributed by atoms with E-state index in [0.717, 1.165) is 10.5 Å². The molecule has 2 aromatic carbocycles. The van der Waals surface area contributed by atoms with Crippen LogP contribution in [0.5, 0.6) is 5.75 Å². The van der Waals surface area contributed by atoms with Gasteiger partial charge in [-0.05, 0) is 37.6 Å². The lowest BCUT2D eigenvalue weighted by Crippen LogP contribution is -2.10. The van der Waals surface area contributed by atoms with E-state index in [2.05, 4.69) is 0 Å². The van der Waals surface area contributed by atoms with E-state index in [-0.39, 0.29) is 0 Å². The molecule has 0 spiro atoms. The summed E-state index contributed by atoms with van der Waals surface area (Å²) in [5, 5.41) is 0. The molecule has 2 N–H and O–H groups in total. The van der Waals surface area contributed by atoms with Crippen molar-refractivity contribution >= 4 is 16.5 Å². The van der Waals surface area contributed by atoms with Crippen LogP contribution in [0.1, 0.15) is 11.1 Å². The van der Waals surface area contributed by atoms with Crippen molar-refractivity contribution in [3.05, 3.63) is 53.6 Å². The lowest BCUT2D eigenvalue weighted by Gasteiger charge is -2.10. The average Bonchev–Trinajstić information content (AvgIpc) is 2.40. The fraction of sp³-hybridized carbons (Fsp3) is 0.250. The van der Waals surface area contributed by atoms with Crippen molar-refractivity contribution in [2.75, 3.05) is 18.1 Å². The van der Waals surface area contributed by atoms with Crippen LogP contribution in [0.4, 0.5) is 5.69 Å². The predicted molar refractivity (Wildman–Crippen MR) is 83.5 cm³/mol. The molecule has 0 aliphatic carbocycles. The van der Waals surface area contributed by atoms with Crippen molar-refractivity contribution in [2.45, 2.75) is 18.7 Å². The molecule has 1 unspecified atom stereocenters. The quantitative estimate of drug-likeness (QED) is 0.861. The fourth-order valence-electron chi connectivity index (χ4n) is 2.00. The third kappa shape index (κ3) is 3.61. The van der Waals surface area contributed by atoms with Gasteiger partial charge in [0, 0.05) is 4.90 Å². The second-order valence-corrected chi connectivity index (χ2v) is 6.24. The molecule has 0 saturated carbocycles. The van der Waals surface area contributed by atoms with E-state index in [1.54, 1.807) is 6.07 Å². The van der Waals surface area contributed by atoms with Crippen molar-refractivity contribution < 1.29 is 8.95 Å². The summed E-state index contributed by atoms with van der Waals surface area (Å²) in [6, 6.07) is 13.3. The van der Waals surface area contributed by atoms with Crippen molar-refractivity contribution in [3.63, 3.8) is 0 Å². The van der Waals surface area contributed by atoms with Gasteiger partial charge in [-0.1, -0.05) is 29.8 Å². The summed E-state index contributed by atoms with van der Waals surface area (Å²) < 4.78 is 17.8. The van der Waals surface area contributed by atoms with Gasteiger partial charge in [0.25, 0.3) is 0 Å². The fourth-order valence-corrected chi connectivity index (χ4v) is 3.10. The van der Waals surface area contributed by atoms with Crippen LogP contribution in [-0.4, -0.2) is 16.6 Å². The molecule has 0 fully saturated rings. The highest BCUT2D eigenvalue weighted by atomic mass is 32.2. The van der Waals surface area contributed by atoms with E-state index in [4.69, 9.17) is 10.5 Å². The highest BCUT2D eigenvalue weighted by Crippen LogP contribution is 2.20. The maximum atomic E-state index is 12.3. The lowest BCUT2D eigenvalue weighted by atomic mass is 10.2. The smallest absolute Gasteiger partial charge is 0.142 e. The third-order valence-electron chi connectivity index (χ3n) is 3.02. The molecular formula is C16H19NO2S. The van der Waals surface area contributed by atoms with E-state index in [9.17, 15) is 4.21 Å². The van der Waals surface area contributed by atoms with Gasteiger partial charge in [0.1, 0.15) is 12.4 Å². The summed E-state index contributed by atoms with van der Waals surface area (Å²) in [5.41, 5.74) is 8.63. The van der Waals surface area contributed by atoms with Gasteiger partial charge in [0.2, 0.25) is 0 Å². The number of hydrogen-bond donors (Lipinski definition) is 1. The van der Waals surface area contributed by atoms with Gasteiger partial charge in [-0.15, -0.1) is 0 Å². The normalized spacial score (nSPS) is 12.1. The van der Waals surface area contributed by atoms with Gasteiger partial charge in [-0.3, -0.25) is 4.21 Å². The number of rotatable bonds is 5. The standard InChI is InChI=1S/C16H19NO2S/c1-12-7-8-16(13(2)11-12)20(18)10-9-19-15-6-4-3-5-14(15)17/h3-8,11H,9-10,17H2,1-2H3. The highest BCUT2D eigenvalue weighted by Gasteiger charge is 2.08. The largest absolute Gasteiger partial charge is 0.490 e. The average molecular weight is 289 g/mol. The van der Waals surface area contributed by atoms with Gasteiger partial charge in [-0.2, -0.15) is 0 Å². The molecular weight excluding hydrogens is 270 g/mol. The van der Waals surface area contributed by atoms with E-state index in [0.29, 0.717) is 23.8 Å². The minimum absolute atomic E-state index is 0.383. The number of ether oxygens (including phenoxy) is 1. The summed E-state index contributed by atoms with van der Waals surface area (Å²) in [6.07, 6.45) is 0. The second-order valence-electron chi connectivity index (χ2n) is 4.70. The number of anilines is 1. The van der Waals surface area contributed by atoms with Crippen molar-refractivity contribution in [2.24, 2.45) is 0 Å². The second kappa shape index (κ2) is 6.57. The molecule has 0 saturated heterocycles. The lowest BCUT2D eigenvalue weighted by molar-refractivity contribution is 0.344. The Hall–Kier alpha value is -1.81.